The summed E-state index contributed by atoms with van der Waals surface area (Å²) in [7, 11) is -4.44. The van der Waals surface area contributed by atoms with Crippen molar-refractivity contribution in [2.75, 3.05) is 20.3 Å². The zero-order chi connectivity index (χ0) is 85.0. The molecule has 0 aromatic carbocycles. The fourth-order valence-corrected chi connectivity index (χ4v) is 16.3. The second-order valence-electron chi connectivity index (χ2n) is 34.0. The van der Waals surface area contributed by atoms with E-state index in [4.69, 9.17) is 37.7 Å². The van der Waals surface area contributed by atoms with E-state index in [2.05, 4.69) is 52.2 Å². The van der Waals surface area contributed by atoms with Gasteiger partial charge in [0.15, 0.2) is 18.4 Å². The number of phosphoric acid groups is 1. The van der Waals surface area contributed by atoms with Crippen molar-refractivity contribution in [1.29, 1.82) is 0 Å². The molecule has 9 atom stereocenters. The monoisotopic (exact) mass is 1670 g/mol. The fourth-order valence-electron chi connectivity index (χ4n) is 15.8. The molecule has 21 nitrogen and oxygen atoms in total. The van der Waals surface area contributed by atoms with Crippen molar-refractivity contribution < 1.29 is 90.7 Å². The number of hydrogen-bond donors (Lipinski definition) is 5. The quantitative estimate of drug-likeness (QED) is 0.0164. The first-order valence-electron chi connectivity index (χ1n) is 48.4. The predicted octanol–water partition coefficient (Wildman–Crippen LogP) is 24.0. The summed E-state index contributed by atoms with van der Waals surface area (Å²) in [5.74, 6) is -4.70. The summed E-state index contributed by atoms with van der Waals surface area (Å²) < 4.78 is 61.1. The molecular formula is C94H177N2O19P. The lowest BCUT2D eigenvalue weighted by molar-refractivity contribution is -0.272. The number of unbranched alkanes of at least 4 members (excludes halogenated alkanes) is 54. The highest BCUT2D eigenvalue weighted by atomic mass is 31.2. The van der Waals surface area contributed by atoms with E-state index in [9.17, 15) is 48.2 Å². The van der Waals surface area contributed by atoms with E-state index in [0.29, 0.717) is 57.8 Å². The molecule has 1 saturated heterocycles. The minimum Gasteiger partial charge on any atom is -0.467 e. The third-order valence-corrected chi connectivity index (χ3v) is 23.4. The molecule has 0 saturated carbocycles. The van der Waals surface area contributed by atoms with E-state index in [1.165, 1.54) is 173 Å². The van der Waals surface area contributed by atoms with Gasteiger partial charge >= 0.3 is 37.7 Å². The average Bonchev–Trinajstić information content (AvgIpc) is 0.779. The van der Waals surface area contributed by atoms with Crippen LogP contribution in [0.3, 0.4) is 0 Å². The molecule has 22 heteroatoms. The lowest BCUT2D eigenvalue weighted by Gasteiger charge is -2.45. The van der Waals surface area contributed by atoms with E-state index < -0.39 is 131 Å². The van der Waals surface area contributed by atoms with Gasteiger partial charge in [-0.3, -0.25) is 33.3 Å². The van der Waals surface area contributed by atoms with Gasteiger partial charge in [0, 0.05) is 19.3 Å². The summed E-state index contributed by atoms with van der Waals surface area (Å²) in [6.45, 7) is 11.5. The van der Waals surface area contributed by atoms with Crippen molar-refractivity contribution >= 4 is 49.5 Å². The van der Waals surface area contributed by atoms with E-state index in [-0.39, 0.29) is 25.7 Å². The molecule has 0 radical (unpaired) electrons. The molecule has 1 fully saturated rings. The summed E-state index contributed by atoms with van der Waals surface area (Å²) in [5.41, 5.74) is 0. The molecule has 1 aliphatic heterocycles. The summed E-state index contributed by atoms with van der Waals surface area (Å²) in [4.78, 5) is 121. The summed E-state index contributed by atoms with van der Waals surface area (Å²) >= 11 is 0. The van der Waals surface area contributed by atoms with Crippen LogP contribution in [0.4, 0.5) is 0 Å². The van der Waals surface area contributed by atoms with Crippen LogP contribution in [0, 0.1) is 0 Å². The topological polar surface area (TPSA) is 295 Å². The molecule has 1 heterocycles. The Kier molecular flexibility index (Phi) is 74.7. The van der Waals surface area contributed by atoms with E-state index in [0.717, 1.165) is 180 Å². The van der Waals surface area contributed by atoms with Gasteiger partial charge in [-0.2, -0.15) is 0 Å². The van der Waals surface area contributed by atoms with Crippen LogP contribution in [0.25, 0.3) is 0 Å². The molecule has 3 unspecified atom stereocenters. The first-order chi connectivity index (χ1) is 56.4. The Morgan fingerprint density at radius 3 is 0.922 bits per heavy atom. The van der Waals surface area contributed by atoms with Crippen LogP contribution in [0.15, 0.2) is 0 Å². The number of methoxy groups -OCH3 is 1. The highest BCUT2D eigenvalue weighted by Gasteiger charge is 2.53. The highest BCUT2D eigenvalue weighted by Crippen LogP contribution is 2.43. The lowest BCUT2D eigenvalue weighted by atomic mass is 9.95. The molecule has 0 aromatic rings. The number of phosphoric ester groups is 1. The maximum atomic E-state index is 15.0. The Morgan fingerprint density at radius 1 is 0.362 bits per heavy atom. The van der Waals surface area contributed by atoms with Crippen molar-refractivity contribution in [3.8, 4) is 0 Å². The van der Waals surface area contributed by atoms with Crippen LogP contribution in [0.2, 0.25) is 0 Å². The van der Waals surface area contributed by atoms with Gasteiger partial charge in [-0.05, 0) is 57.8 Å². The Balaban J connectivity index is 3.87. The molecule has 2 amide bonds. The normalized spacial score (nSPS) is 16.7. The number of ether oxygens (including phenoxy) is 7. The second kappa shape index (κ2) is 78.5. The maximum absolute atomic E-state index is 15.0. The van der Waals surface area contributed by atoms with Crippen molar-refractivity contribution in [2.24, 2.45) is 0 Å². The van der Waals surface area contributed by atoms with E-state index >= 15 is 4.79 Å². The SMILES string of the molecule is CCCCCCCCCCCCCC(=O)O[C@H](CCCCCCCCCCC)CC(=O)NC(CO[C@@H]1OC(CO)[C@H](OP(=O)(O)O)C(OC(=O)C[C@@H](CCCCCCCCCCC)OC(=O)CCCCCCCCCCCCC)[C@@H]1NC(=O)C[C@@H](CCCCCCCCCCC)OC(=O)CCCCCCCCCCCCC)C(=O)OC. The average molecular weight is 1670 g/mol. The number of rotatable bonds is 85. The van der Waals surface area contributed by atoms with Gasteiger partial charge in [-0.25, -0.2) is 9.36 Å². The standard InChI is InChI=1S/C94H177N2O19P/c1-8-14-20-26-32-38-41-47-53-59-65-71-86(100)110-79(68-62-56-50-44-35-29-23-17-11-4)74-84(98)95-82(93(104)108-7)78-109-94-90(96-85(99)75-80(69-63-57-51-45-36-30-24-18-12-5)111-87(101)72-66-60-54-48-42-39-33-27-21-15-9-2)92(91(83(77-97)113-94)115-116(105,106)107)114-89(103)76-81(70-64-58-52-46-37-31-25-19-13-6)112-88(102)73-67-61-55-49-43-40-34-28-22-16-10-3/h79-83,90-92,94,97H,8-78H2,1-7H3,(H,95,98)(H,96,99)(H2,105,106,107)/t79-,80-,81-,82?,83?,90+,91+,92?,94-/m1/s1. The van der Waals surface area contributed by atoms with Gasteiger partial charge in [-0.1, -0.05) is 388 Å². The number of amides is 2. The number of carbonyl (C=O) groups excluding carboxylic acids is 7. The van der Waals surface area contributed by atoms with Crippen molar-refractivity contribution in [1.82, 2.24) is 10.6 Å². The van der Waals surface area contributed by atoms with Gasteiger partial charge in [0.1, 0.15) is 36.6 Å². The third kappa shape index (κ3) is 65.1. The summed E-state index contributed by atoms with van der Waals surface area (Å²) in [6, 6.07) is -3.33. The van der Waals surface area contributed by atoms with Crippen LogP contribution < -0.4 is 10.6 Å². The van der Waals surface area contributed by atoms with Crippen LogP contribution >= 0.6 is 7.82 Å². The Labute approximate surface area is 707 Å². The minimum absolute atomic E-state index is 0.137. The highest BCUT2D eigenvalue weighted by molar-refractivity contribution is 7.46. The van der Waals surface area contributed by atoms with Gasteiger partial charge in [0.25, 0.3) is 0 Å². The maximum Gasteiger partial charge on any atom is 0.470 e. The molecule has 1 aliphatic rings. The number of hydrogen-bond acceptors (Lipinski definition) is 17. The molecule has 682 valence electrons. The van der Waals surface area contributed by atoms with Gasteiger partial charge < -0.3 is 58.7 Å². The lowest BCUT2D eigenvalue weighted by Crippen LogP contribution is -2.66. The number of nitrogens with one attached hydrogen (secondary N) is 2. The molecule has 0 bridgehead atoms. The smallest absolute Gasteiger partial charge is 0.467 e. The van der Waals surface area contributed by atoms with Crippen LogP contribution in [0.1, 0.15) is 485 Å². The molecule has 1 rings (SSSR count). The second-order valence-corrected chi connectivity index (χ2v) is 35.2. The molecule has 0 spiro atoms. The third-order valence-electron chi connectivity index (χ3n) is 22.9. The minimum atomic E-state index is -5.57. The zero-order valence-electron chi connectivity index (χ0n) is 75.2. The van der Waals surface area contributed by atoms with Crippen LogP contribution in [-0.4, -0.2) is 132 Å². The van der Waals surface area contributed by atoms with E-state index in [1.54, 1.807) is 0 Å². The Hall–Kier alpha value is -3.72. The molecule has 116 heavy (non-hydrogen) atoms. The van der Waals surface area contributed by atoms with Gasteiger partial charge in [0.2, 0.25) is 11.8 Å². The first-order valence-corrected chi connectivity index (χ1v) is 50.0. The van der Waals surface area contributed by atoms with Gasteiger partial charge in [-0.15, -0.1) is 0 Å². The molecule has 0 aromatic heterocycles. The summed E-state index contributed by atoms with van der Waals surface area (Å²) in [6.07, 6.45) is 54.7. The molecular weight excluding hydrogens is 1490 g/mol. The number of carbonyl (C=O) groups is 7. The summed E-state index contributed by atoms with van der Waals surface area (Å²) in [5, 5.41) is 16.7. The van der Waals surface area contributed by atoms with E-state index in [1.807, 2.05) is 0 Å². The van der Waals surface area contributed by atoms with Crippen molar-refractivity contribution in [3.05, 3.63) is 0 Å². The Bertz CT molecular complexity index is 2400. The van der Waals surface area contributed by atoms with Crippen molar-refractivity contribution in [3.63, 3.8) is 0 Å². The van der Waals surface area contributed by atoms with Crippen molar-refractivity contribution in [2.45, 2.75) is 540 Å². The van der Waals surface area contributed by atoms with Crippen LogP contribution in [-0.2, 0) is 75.8 Å². The number of esters is 5. The molecule has 0 aliphatic carbocycles. The van der Waals surface area contributed by atoms with Gasteiger partial charge in [0.05, 0.1) is 39.6 Å². The number of aliphatic hydroxyl groups is 1. The molecule has 5 N–H and O–H groups in total. The Morgan fingerprint density at radius 2 is 0.638 bits per heavy atom. The fraction of sp³-hybridized carbons (Fsp3) is 0.926. The first kappa shape index (κ1) is 110. The number of aliphatic hydroxyl groups excluding tert-OH is 1. The zero-order valence-corrected chi connectivity index (χ0v) is 76.1. The largest absolute Gasteiger partial charge is 0.470 e. The van der Waals surface area contributed by atoms with Crippen LogP contribution in [0.5, 0.6) is 0 Å². The predicted molar refractivity (Wildman–Crippen MR) is 467 cm³/mol.